The summed E-state index contributed by atoms with van der Waals surface area (Å²) in [5.74, 6) is 1.76. The van der Waals surface area contributed by atoms with Crippen molar-refractivity contribution in [2.45, 2.75) is 39.2 Å². The third kappa shape index (κ3) is 0.877. The number of hydrazone groups is 1. The van der Waals surface area contributed by atoms with Gasteiger partial charge in [0.05, 0.1) is 5.92 Å². The van der Waals surface area contributed by atoms with Crippen molar-refractivity contribution in [2.75, 3.05) is 0 Å². The van der Waals surface area contributed by atoms with E-state index in [-0.39, 0.29) is 11.8 Å². The monoisotopic (exact) mass is 192 g/mol. The van der Waals surface area contributed by atoms with Crippen LogP contribution < -0.4 is 5.11 Å². The summed E-state index contributed by atoms with van der Waals surface area (Å²) in [6.07, 6.45) is 3.82. The third-order valence-corrected chi connectivity index (χ3v) is 4.10. The molecule has 0 aromatic rings. The van der Waals surface area contributed by atoms with Gasteiger partial charge in [-0.15, -0.1) is 0 Å². The Morgan fingerprint density at radius 2 is 2.07 bits per heavy atom. The number of hydrogen-bond donors (Lipinski definition) is 0. The van der Waals surface area contributed by atoms with E-state index >= 15 is 0 Å². The zero-order chi connectivity index (χ0) is 9.87. The third-order valence-electron chi connectivity index (χ3n) is 4.10. The molecule has 0 N–H and O–H groups in total. The molecule has 2 bridgehead atoms. The van der Waals surface area contributed by atoms with E-state index in [2.05, 4.69) is 5.10 Å². The summed E-state index contributed by atoms with van der Waals surface area (Å²) in [5.41, 5.74) is 1.17. The molecule has 2 aliphatic carbocycles. The highest BCUT2D eigenvalue weighted by Crippen LogP contribution is 2.51. The van der Waals surface area contributed by atoms with E-state index in [0.29, 0.717) is 12.0 Å². The number of nitrogens with zero attached hydrogens (tertiary/aromatic N) is 2. The maximum Gasteiger partial charge on any atom is 0.194 e. The van der Waals surface area contributed by atoms with E-state index < -0.39 is 0 Å². The first-order valence-electron chi connectivity index (χ1n) is 5.53. The van der Waals surface area contributed by atoms with Gasteiger partial charge in [-0.3, -0.25) is 0 Å². The molecule has 0 spiro atoms. The summed E-state index contributed by atoms with van der Waals surface area (Å²) >= 11 is 0. The first kappa shape index (κ1) is 8.45. The Kier molecular flexibility index (Phi) is 1.56. The lowest BCUT2D eigenvalue weighted by Gasteiger charge is -2.22. The highest BCUT2D eigenvalue weighted by molar-refractivity contribution is 5.79. The first-order chi connectivity index (χ1) is 6.68. The predicted molar refractivity (Wildman–Crippen MR) is 52.2 cm³/mol. The Morgan fingerprint density at radius 3 is 2.79 bits per heavy atom. The zero-order valence-corrected chi connectivity index (χ0v) is 8.73. The summed E-state index contributed by atoms with van der Waals surface area (Å²) in [7, 11) is 0. The van der Waals surface area contributed by atoms with Crippen molar-refractivity contribution in [2.24, 2.45) is 22.9 Å². The molecule has 2 saturated carbocycles. The molecule has 1 aliphatic heterocycles. The number of hydrogen-bond acceptors (Lipinski definition) is 2. The normalized spacial score (nSPS) is 44.1. The van der Waals surface area contributed by atoms with E-state index in [1.165, 1.54) is 25.0 Å². The second-order valence-electron chi connectivity index (χ2n) is 5.08. The Balaban J connectivity index is 2.05. The van der Waals surface area contributed by atoms with Crippen LogP contribution in [0.15, 0.2) is 5.10 Å². The summed E-state index contributed by atoms with van der Waals surface area (Å²) in [5, 5.41) is 15.9. The van der Waals surface area contributed by atoms with Gasteiger partial charge in [0.25, 0.3) is 0 Å². The van der Waals surface area contributed by atoms with E-state index in [1.807, 2.05) is 18.5 Å². The fourth-order valence-corrected chi connectivity index (χ4v) is 3.60. The Bertz CT molecular complexity index is 341. The average Bonchev–Trinajstić information content (AvgIpc) is 2.75. The topological polar surface area (TPSA) is 38.4 Å². The van der Waals surface area contributed by atoms with Crippen LogP contribution in [0.25, 0.3) is 0 Å². The van der Waals surface area contributed by atoms with Gasteiger partial charge in [0, 0.05) is 25.7 Å². The molecule has 4 atom stereocenters. The van der Waals surface area contributed by atoms with E-state index in [4.69, 9.17) is 0 Å². The maximum absolute atomic E-state index is 11.7. The quantitative estimate of drug-likeness (QED) is 0.517. The van der Waals surface area contributed by atoms with Gasteiger partial charge in [0.2, 0.25) is 0 Å². The Morgan fingerprint density at radius 1 is 1.36 bits per heavy atom. The van der Waals surface area contributed by atoms with Crippen LogP contribution in [-0.4, -0.2) is 22.3 Å². The van der Waals surface area contributed by atoms with Gasteiger partial charge >= 0.3 is 0 Å². The van der Waals surface area contributed by atoms with Crippen molar-refractivity contribution in [1.82, 2.24) is 0 Å². The lowest BCUT2D eigenvalue weighted by molar-refractivity contribution is -0.574. The van der Waals surface area contributed by atoms with Crippen molar-refractivity contribution in [3.8, 4) is 0 Å². The molecule has 0 radical (unpaired) electrons. The van der Waals surface area contributed by atoms with Gasteiger partial charge in [-0.25, -0.2) is 0 Å². The highest BCUT2D eigenvalue weighted by atomic mass is 16.3. The van der Waals surface area contributed by atoms with Crippen LogP contribution in [0.1, 0.15) is 33.1 Å². The minimum atomic E-state index is 0.142. The van der Waals surface area contributed by atoms with Gasteiger partial charge in [0.1, 0.15) is 0 Å². The van der Waals surface area contributed by atoms with Crippen molar-refractivity contribution < 1.29 is 9.79 Å². The molecule has 3 heteroatoms. The van der Waals surface area contributed by atoms with Crippen molar-refractivity contribution in [1.29, 1.82) is 0 Å². The molecule has 0 amide bonds. The molecule has 0 aromatic carbocycles. The molecule has 0 unspecified atom stereocenters. The highest BCUT2D eigenvalue weighted by Gasteiger charge is 2.57. The number of fused-ring (bicyclic) bond motifs is 5. The Hall–Kier alpha value is -0.860. The lowest BCUT2D eigenvalue weighted by atomic mass is 9.85. The van der Waals surface area contributed by atoms with Crippen LogP contribution in [0.5, 0.6) is 0 Å². The molecule has 0 aromatic heterocycles. The van der Waals surface area contributed by atoms with Crippen LogP contribution in [-0.2, 0) is 0 Å². The fourth-order valence-electron chi connectivity index (χ4n) is 3.60. The lowest BCUT2D eigenvalue weighted by Crippen LogP contribution is -2.38. The molecular formula is C11H16N2O. The molecule has 2 fully saturated rings. The van der Waals surface area contributed by atoms with Crippen LogP contribution >= 0.6 is 0 Å². The standard InChI is InChI=1S/C11H16N2O/c1-6(2)13-10-8-4-3-7(5-8)9(10)11(14)12-13/h7-10H,3-5H2,1-2H3/t7-,8+,9+,10-/m1/s1. The second kappa shape index (κ2) is 2.59. The summed E-state index contributed by atoms with van der Waals surface area (Å²) in [6, 6.07) is 0.422. The molecule has 76 valence electrons. The van der Waals surface area contributed by atoms with Crippen LogP contribution in [0.3, 0.4) is 0 Å². The maximum atomic E-state index is 11.7. The summed E-state index contributed by atoms with van der Waals surface area (Å²) in [4.78, 5) is 0. The van der Waals surface area contributed by atoms with E-state index in [0.717, 1.165) is 5.92 Å². The molecule has 1 heterocycles. The van der Waals surface area contributed by atoms with Gasteiger partial charge < -0.3 is 5.11 Å². The molecule has 3 aliphatic rings. The van der Waals surface area contributed by atoms with E-state index in [9.17, 15) is 5.11 Å². The fraction of sp³-hybridized carbons (Fsp3) is 0.818. The van der Waals surface area contributed by atoms with Crippen LogP contribution in [0.2, 0.25) is 0 Å². The molecule has 0 saturated heterocycles. The second-order valence-corrected chi connectivity index (χ2v) is 5.08. The summed E-state index contributed by atoms with van der Waals surface area (Å²) in [6.45, 7) is 4.09. The largest absolute Gasteiger partial charge is 0.857 e. The molecular weight excluding hydrogens is 176 g/mol. The predicted octanol–water partition coefficient (Wildman–Crippen LogP) is 0.582. The van der Waals surface area contributed by atoms with Crippen LogP contribution in [0, 0.1) is 17.8 Å². The van der Waals surface area contributed by atoms with Crippen molar-refractivity contribution >= 4 is 11.6 Å². The number of rotatable bonds is 0. The molecule has 14 heavy (non-hydrogen) atoms. The zero-order valence-electron chi connectivity index (χ0n) is 8.73. The van der Waals surface area contributed by atoms with Crippen molar-refractivity contribution in [3.05, 3.63) is 0 Å². The first-order valence-corrected chi connectivity index (χ1v) is 5.53. The summed E-state index contributed by atoms with van der Waals surface area (Å²) < 4.78 is 2.00. The Labute approximate surface area is 84.1 Å². The van der Waals surface area contributed by atoms with Gasteiger partial charge in [-0.1, -0.05) is 4.68 Å². The minimum absolute atomic E-state index is 0.142. The van der Waals surface area contributed by atoms with Gasteiger partial charge in [-0.2, -0.15) is 0 Å². The minimum Gasteiger partial charge on any atom is -0.857 e. The van der Waals surface area contributed by atoms with Crippen molar-refractivity contribution in [3.63, 3.8) is 0 Å². The van der Waals surface area contributed by atoms with Crippen LogP contribution in [0.4, 0.5) is 0 Å². The molecule has 3 rings (SSSR count). The SMILES string of the molecule is CC(C)=[N+]1N=C([O-])[C@H]2[C@@H]3CC[C@@H](C3)[C@H]21. The van der Waals surface area contributed by atoms with E-state index in [1.54, 1.807) is 0 Å². The molecule has 3 nitrogen and oxygen atoms in total. The van der Waals surface area contributed by atoms with Gasteiger partial charge in [-0.05, 0) is 30.3 Å². The smallest absolute Gasteiger partial charge is 0.194 e. The average molecular weight is 192 g/mol. The van der Waals surface area contributed by atoms with Gasteiger partial charge in [0.15, 0.2) is 11.8 Å².